The number of carbonyl (C=O) groups excluding carboxylic acids is 1. The number of nitrogens with one attached hydrogen (secondary N) is 1. The zero-order valence-corrected chi connectivity index (χ0v) is 16.6. The summed E-state index contributed by atoms with van der Waals surface area (Å²) < 4.78 is 11.1. The van der Waals surface area contributed by atoms with Crippen LogP contribution in [-0.4, -0.2) is 66.4 Å². The molecule has 2 aromatic rings. The second kappa shape index (κ2) is 7.43. The highest BCUT2D eigenvalue weighted by Crippen LogP contribution is 2.49. The number of methoxy groups -OCH3 is 1. The van der Waals surface area contributed by atoms with Crippen molar-refractivity contribution in [2.75, 3.05) is 45.7 Å². The van der Waals surface area contributed by atoms with Crippen LogP contribution in [0.3, 0.4) is 0 Å². The zero-order chi connectivity index (χ0) is 19.7. The summed E-state index contributed by atoms with van der Waals surface area (Å²) in [6.45, 7) is 5.14. The van der Waals surface area contributed by atoms with Crippen LogP contribution in [0, 0.1) is 12.3 Å². The molecule has 0 saturated carbocycles. The molecular weight excluding hydrogens is 358 g/mol. The summed E-state index contributed by atoms with van der Waals surface area (Å²) in [6, 6.07) is 7.37. The average molecular weight is 385 g/mol. The molecular formula is C20H27N5O3. The van der Waals surface area contributed by atoms with Crippen LogP contribution in [0.4, 0.5) is 10.5 Å². The molecule has 8 nitrogen and oxygen atoms in total. The highest BCUT2D eigenvalue weighted by Gasteiger charge is 2.50. The second-order valence-electron chi connectivity index (χ2n) is 7.89. The molecule has 1 aromatic carbocycles. The first-order valence-corrected chi connectivity index (χ1v) is 9.68. The van der Waals surface area contributed by atoms with E-state index in [4.69, 9.17) is 9.15 Å². The van der Waals surface area contributed by atoms with E-state index < -0.39 is 0 Å². The van der Waals surface area contributed by atoms with Crippen molar-refractivity contribution in [2.45, 2.75) is 25.7 Å². The van der Waals surface area contributed by atoms with E-state index in [1.54, 1.807) is 7.11 Å². The van der Waals surface area contributed by atoms with E-state index in [1.165, 1.54) is 0 Å². The van der Waals surface area contributed by atoms with Crippen molar-refractivity contribution in [3.8, 4) is 5.75 Å². The van der Waals surface area contributed by atoms with E-state index in [9.17, 15) is 4.79 Å². The number of amides is 2. The van der Waals surface area contributed by atoms with Crippen molar-refractivity contribution in [2.24, 2.45) is 5.41 Å². The average Bonchev–Trinajstić information content (AvgIpc) is 3.25. The van der Waals surface area contributed by atoms with Gasteiger partial charge in [-0.1, -0.05) is 12.1 Å². The molecule has 3 heterocycles. The molecule has 1 aromatic heterocycles. The lowest BCUT2D eigenvalue weighted by atomic mass is 9.71. The Morgan fingerprint density at radius 3 is 2.71 bits per heavy atom. The molecule has 1 atom stereocenters. The first-order chi connectivity index (χ1) is 13.5. The van der Waals surface area contributed by atoms with Crippen LogP contribution >= 0.6 is 0 Å². The molecule has 1 unspecified atom stereocenters. The molecule has 150 valence electrons. The van der Waals surface area contributed by atoms with Gasteiger partial charge in [0, 0.05) is 33.1 Å². The number of likely N-dealkylation sites (N-methyl/N-ethyl adjacent to an activating group) is 1. The lowest BCUT2D eigenvalue weighted by Gasteiger charge is -2.41. The number of aromatic nitrogens is 2. The number of hydrogen-bond donors (Lipinski definition) is 1. The molecule has 0 radical (unpaired) electrons. The third-order valence-corrected chi connectivity index (χ3v) is 6.05. The lowest BCUT2D eigenvalue weighted by molar-refractivity contribution is 0.110. The first-order valence-electron chi connectivity index (χ1n) is 9.68. The fourth-order valence-corrected chi connectivity index (χ4v) is 4.61. The van der Waals surface area contributed by atoms with E-state index >= 15 is 0 Å². The minimum atomic E-state index is -0.0871. The second-order valence-corrected chi connectivity index (χ2v) is 7.89. The van der Waals surface area contributed by atoms with Gasteiger partial charge in [-0.2, -0.15) is 0 Å². The maximum absolute atomic E-state index is 12.8. The van der Waals surface area contributed by atoms with Crippen LogP contribution in [0.2, 0.25) is 0 Å². The minimum Gasteiger partial charge on any atom is -0.495 e. The van der Waals surface area contributed by atoms with E-state index in [0.29, 0.717) is 30.4 Å². The molecule has 2 fully saturated rings. The minimum absolute atomic E-state index is 0.0783. The van der Waals surface area contributed by atoms with E-state index in [0.717, 1.165) is 31.8 Å². The van der Waals surface area contributed by atoms with Crippen molar-refractivity contribution in [3.05, 3.63) is 36.0 Å². The van der Waals surface area contributed by atoms with Crippen molar-refractivity contribution in [3.63, 3.8) is 0 Å². The summed E-state index contributed by atoms with van der Waals surface area (Å²) in [5.41, 5.74) is 0.768. The summed E-state index contributed by atoms with van der Waals surface area (Å²) in [7, 11) is 3.73. The fourth-order valence-electron chi connectivity index (χ4n) is 4.61. The van der Waals surface area contributed by atoms with Crippen LogP contribution in [0.1, 0.15) is 30.5 Å². The topological polar surface area (TPSA) is 83.7 Å². The Morgan fingerprint density at radius 1 is 1.29 bits per heavy atom. The Morgan fingerprint density at radius 2 is 2.04 bits per heavy atom. The normalized spacial score (nSPS) is 21.8. The van der Waals surface area contributed by atoms with Crippen molar-refractivity contribution in [1.29, 1.82) is 0 Å². The number of aryl methyl sites for hydroxylation is 1. The maximum Gasteiger partial charge on any atom is 0.321 e. The molecule has 2 amide bonds. The van der Waals surface area contributed by atoms with Gasteiger partial charge in [0.1, 0.15) is 5.75 Å². The zero-order valence-electron chi connectivity index (χ0n) is 16.6. The molecule has 2 saturated heterocycles. The number of piperidine rings is 1. The Balaban J connectivity index is 1.44. The Hall–Kier alpha value is -2.61. The predicted octanol–water partition coefficient (Wildman–Crippen LogP) is 2.73. The summed E-state index contributed by atoms with van der Waals surface area (Å²) in [5, 5.41) is 11.3. The van der Waals surface area contributed by atoms with Crippen LogP contribution in [0.5, 0.6) is 5.75 Å². The standard InChI is InChI=1S/C20H27N5O3/c1-14-22-23-18(28-14)15-12-24(2)13-20(15)8-10-25(11-9-20)19(26)21-16-6-4-5-7-17(16)27-3/h4-7,15H,8-13H2,1-3H3,(H,21,26). The Labute approximate surface area is 164 Å². The number of nitrogens with zero attached hydrogens (tertiary/aromatic N) is 4. The lowest BCUT2D eigenvalue weighted by Crippen LogP contribution is -2.47. The molecule has 0 aliphatic carbocycles. The summed E-state index contributed by atoms with van der Waals surface area (Å²) >= 11 is 0. The molecule has 28 heavy (non-hydrogen) atoms. The number of carbonyl (C=O) groups is 1. The molecule has 2 aliphatic rings. The van der Waals surface area contributed by atoms with Gasteiger partial charge in [0.2, 0.25) is 11.8 Å². The van der Waals surface area contributed by atoms with Crippen molar-refractivity contribution < 1.29 is 13.9 Å². The van der Waals surface area contributed by atoms with Gasteiger partial charge in [0.25, 0.3) is 0 Å². The van der Waals surface area contributed by atoms with Crippen LogP contribution in [0.15, 0.2) is 28.7 Å². The van der Waals surface area contributed by atoms with E-state index in [-0.39, 0.29) is 17.4 Å². The number of ether oxygens (including phenoxy) is 1. The van der Waals surface area contributed by atoms with Gasteiger partial charge in [-0.25, -0.2) is 4.79 Å². The number of likely N-dealkylation sites (tertiary alicyclic amines) is 2. The first kappa shape index (κ1) is 18.7. The predicted molar refractivity (Wildman–Crippen MR) is 105 cm³/mol. The van der Waals surface area contributed by atoms with Crippen molar-refractivity contribution >= 4 is 11.7 Å². The Bertz CT molecular complexity index is 844. The van der Waals surface area contributed by atoms with Crippen LogP contribution < -0.4 is 10.1 Å². The van der Waals surface area contributed by atoms with Crippen LogP contribution in [0.25, 0.3) is 0 Å². The monoisotopic (exact) mass is 385 g/mol. The number of rotatable bonds is 3. The van der Waals surface area contributed by atoms with Gasteiger partial charge in [-0.05, 0) is 37.4 Å². The van der Waals surface area contributed by atoms with Gasteiger partial charge in [-0.15, -0.1) is 10.2 Å². The summed E-state index contributed by atoms with van der Waals surface area (Å²) in [4.78, 5) is 17.0. The molecule has 8 heteroatoms. The van der Waals surface area contributed by atoms with Crippen LogP contribution in [-0.2, 0) is 0 Å². The quantitative estimate of drug-likeness (QED) is 0.875. The number of hydrogen-bond acceptors (Lipinski definition) is 6. The maximum atomic E-state index is 12.8. The third-order valence-electron chi connectivity index (χ3n) is 6.05. The number of urea groups is 1. The third kappa shape index (κ3) is 3.44. The van der Waals surface area contributed by atoms with E-state index in [2.05, 4.69) is 27.5 Å². The SMILES string of the molecule is COc1ccccc1NC(=O)N1CCC2(CC1)CN(C)CC2c1nnc(C)o1. The highest BCUT2D eigenvalue weighted by molar-refractivity contribution is 5.91. The van der Waals surface area contributed by atoms with Gasteiger partial charge >= 0.3 is 6.03 Å². The van der Waals surface area contributed by atoms with Crippen molar-refractivity contribution in [1.82, 2.24) is 20.0 Å². The number of anilines is 1. The highest BCUT2D eigenvalue weighted by atomic mass is 16.5. The molecule has 1 N–H and O–H groups in total. The number of benzene rings is 1. The summed E-state index contributed by atoms with van der Waals surface area (Å²) in [6.07, 6.45) is 1.84. The largest absolute Gasteiger partial charge is 0.495 e. The number of para-hydroxylation sites is 2. The smallest absolute Gasteiger partial charge is 0.321 e. The van der Waals surface area contributed by atoms with Gasteiger partial charge in [-0.3, -0.25) is 0 Å². The van der Waals surface area contributed by atoms with Gasteiger partial charge < -0.3 is 24.3 Å². The fraction of sp³-hybridized carbons (Fsp3) is 0.550. The molecule has 2 aliphatic heterocycles. The van der Waals surface area contributed by atoms with E-state index in [1.807, 2.05) is 36.1 Å². The Kier molecular flexibility index (Phi) is 4.97. The molecule has 0 bridgehead atoms. The van der Waals surface area contributed by atoms with Gasteiger partial charge in [0.05, 0.1) is 18.7 Å². The van der Waals surface area contributed by atoms with Gasteiger partial charge in [0.15, 0.2) is 0 Å². The molecule has 1 spiro atoms. The molecule has 4 rings (SSSR count). The summed E-state index contributed by atoms with van der Waals surface area (Å²) in [5.74, 6) is 2.22.